The van der Waals surface area contributed by atoms with Crippen LogP contribution in [0.5, 0.6) is 0 Å². The van der Waals surface area contributed by atoms with Gasteiger partial charge in [-0.05, 0) is 48.9 Å². The number of nitrogens with one attached hydrogen (secondary N) is 1. The SMILES string of the molecule is CCNCC1(Cc2ccc(Cl)c(Cl)c2)CCC1. The molecule has 0 aliphatic heterocycles. The first-order valence-electron chi connectivity index (χ1n) is 6.30. The lowest BCUT2D eigenvalue weighted by Crippen LogP contribution is -2.41. The summed E-state index contributed by atoms with van der Waals surface area (Å²) >= 11 is 12.0. The Morgan fingerprint density at radius 1 is 1.24 bits per heavy atom. The Morgan fingerprint density at radius 3 is 2.53 bits per heavy atom. The zero-order valence-corrected chi connectivity index (χ0v) is 11.7. The third-order valence-corrected chi connectivity index (χ3v) is 4.47. The molecule has 3 heteroatoms. The molecule has 0 bridgehead atoms. The molecule has 0 aromatic heterocycles. The van der Waals surface area contributed by atoms with Crippen molar-refractivity contribution in [2.75, 3.05) is 13.1 Å². The molecule has 0 unspecified atom stereocenters. The standard InChI is InChI=1S/C14H19Cl2N/c1-2-17-10-14(6-3-7-14)9-11-4-5-12(15)13(16)8-11/h4-5,8,17H,2-3,6-7,9-10H2,1H3. The lowest BCUT2D eigenvalue weighted by Gasteiger charge is -2.42. The Kier molecular flexibility index (Phi) is 4.35. The highest BCUT2D eigenvalue weighted by molar-refractivity contribution is 6.42. The van der Waals surface area contributed by atoms with Gasteiger partial charge < -0.3 is 5.32 Å². The van der Waals surface area contributed by atoms with E-state index in [2.05, 4.69) is 18.3 Å². The molecular formula is C14H19Cl2N. The van der Waals surface area contributed by atoms with Crippen LogP contribution in [0.25, 0.3) is 0 Å². The number of benzene rings is 1. The predicted molar refractivity (Wildman–Crippen MR) is 75.0 cm³/mol. The first-order valence-corrected chi connectivity index (χ1v) is 7.05. The fraction of sp³-hybridized carbons (Fsp3) is 0.571. The lowest BCUT2D eigenvalue weighted by atomic mass is 9.65. The number of halogens is 2. The molecule has 0 radical (unpaired) electrons. The molecule has 2 rings (SSSR count). The topological polar surface area (TPSA) is 12.0 Å². The lowest BCUT2D eigenvalue weighted by molar-refractivity contribution is 0.131. The van der Waals surface area contributed by atoms with Crippen molar-refractivity contribution >= 4 is 23.2 Å². The number of hydrogen-bond donors (Lipinski definition) is 1. The fourth-order valence-corrected chi connectivity index (χ4v) is 2.89. The first kappa shape index (κ1) is 13.2. The molecule has 94 valence electrons. The second-order valence-electron chi connectivity index (χ2n) is 5.06. The summed E-state index contributed by atoms with van der Waals surface area (Å²) in [6.45, 7) is 4.32. The summed E-state index contributed by atoms with van der Waals surface area (Å²) in [5.74, 6) is 0. The fourth-order valence-electron chi connectivity index (χ4n) is 2.57. The van der Waals surface area contributed by atoms with Gasteiger partial charge in [-0.1, -0.05) is 42.6 Å². The van der Waals surface area contributed by atoms with E-state index in [1.165, 1.54) is 24.8 Å². The van der Waals surface area contributed by atoms with Gasteiger partial charge in [-0.25, -0.2) is 0 Å². The van der Waals surface area contributed by atoms with Gasteiger partial charge in [0.15, 0.2) is 0 Å². The van der Waals surface area contributed by atoms with Crippen LogP contribution in [0.4, 0.5) is 0 Å². The Morgan fingerprint density at radius 2 is 2.00 bits per heavy atom. The van der Waals surface area contributed by atoms with Crippen molar-refractivity contribution in [3.05, 3.63) is 33.8 Å². The average Bonchev–Trinajstić information content (AvgIpc) is 2.27. The van der Waals surface area contributed by atoms with E-state index >= 15 is 0 Å². The van der Waals surface area contributed by atoms with Crippen LogP contribution in [0.15, 0.2) is 18.2 Å². The molecule has 0 spiro atoms. The van der Waals surface area contributed by atoms with Crippen molar-refractivity contribution in [3.8, 4) is 0 Å². The second-order valence-corrected chi connectivity index (χ2v) is 5.87. The molecule has 1 aliphatic rings. The van der Waals surface area contributed by atoms with Gasteiger partial charge >= 0.3 is 0 Å². The van der Waals surface area contributed by atoms with Gasteiger partial charge in [0.2, 0.25) is 0 Å². The molecule has 0 atom stereocenters. The van der Waals surface area contributed by atoms with E-state index in [-0.39, 0.29) is 0 Å². The highest BCUT2D eigenvalue weighted by atomic mass is 35.5. The van der Waals surface area contributed by atoms with Gasteiger partial charge in [0.05, 0.1) is 10.0 Å². The summed E-state index contributed by atoms with van der Waals surface area (Å²) in [6, 6.07) is 6.01. The summed E-state index contributed by atoms with van der Waals surface area (Å²) in [5, 5.41) is 4.79. The van der Waals surface area contributed by atoms with Crippen LogP contribution in [0, 0.1) is 5.41 Å². The first-order chi connectivity index (χ1) is 8.15. The third-order valence-electron chi connectivity index (χ3n) is 3.73. The molecule has 1 aromatic rings. The molecule has 1 N–H and O–H groups in total. The van der Waals surface area contributed by atoms with Gasteiger partial charge in [0, 0.05) is 6.54 Å². The largest absolute Gasteiger partial charge is 0.316 e. The van der Waals surface area contributed by atoms with Crippen molar-refractivity contribution < 1.29 is 0 Å². The summed E-state index contributed by atoms with van der Waals surface area (Å²) in [4.78, 5) is 0. The van der Waals surface area contributed by atoms with E-state index in [1.54, 1.807) is 0 Å². The summed E-state index contributed by atoms with van der Waals surface area (Å²) in [7, 11) is 0. The minimum Gasteiger partial charge on any atom is -0.316 e. The molecule has 0 heterocycles. The maximum absolute atomic E-state index is 6.06. The Balaban J connectivity index is 2.05. The third kappa shape index (κ3) is 3.15. The van der Waals surface area contributed by atoms with Crippen molar-refractivity contribution in [2.45, 2.75) is 32.6 Å². The summed E-state index contributed by atoms with van der Waals surface area (Å²) in [6.07, 6.45) is 5.10. The highest BCUT2D eigenvalue weighted by Gasteiger charge is 2.36. The van der Waals surface area contributed by atoms with Crippen LogP contribution >= 0.6 is 23.2 Å². The van der Waals surface area contributed by atoms with Crippen LogP contribution < -0.4 is 5.32 Å². The summed E-state index contributed by atoms with van der Waals surface area (Å²) < 4.78 is 0. The summed E-state index contributed by atoms with van der Waals surface area (Å²) in [5.41, 5.74) is 1.75. The van der Waals surface area contributed by atoms with Crippen molar-refractivity contribution in [1.29, 1.82) is 0 Å². The van der Waals surface area contributed by atoms with Crippen molar-refractivity contribution in [3.63, 3.8) is 0 Å². The van der Waals surface area contributed by atoms with Crippen molar-refractivity contribution in [2.24, 2.45) is 5.41 Å². The maximum Gasteiger partial charge on any atom is 0.0595 e. The molecule has 1 fully saturated rings. The molecule has 1 aromatic carbocycles. The molecule has 1 nitrogen and oxygen atoms in total. The molecule has 1 aliphatic carbocycles. The molecule has 0 saturated heterocycles. The average molecular weight is 272 g/mol. The highest BCUT2D eigenvalue weighted by Crippen LogP contribution is 2.43. The van der Waals surface area contributed by atoms with E-state index in [0.29, 0.717) is 15.5 Å². The van der Waals surface area contributed by atoms with Crippen LogP contribution in [0.2, 0.25) is 10.0 Å². The minimum atomic E-state index is 0.452. The molecule has 17 heavy (non-hydrogen) atoms. The van der Waals surface area contributed by atoms with Crippen LogP contribution in [0.1, 0.15) is 31.7 Å². The van der Waals surface area contributed by atoms with Gasteiger partial charge in [-0.2, -0.15) is 0 Å². The van der Waals surface area contributed by atoms with Gasteiger partial charge in [0.1, 0.15) is 0 Å². The monoisotopic (exact) mass is 271 g/mol. The zero-order chi connectivity index (χ0) is 12.3. The molecule has 0 amide bonds. The maximum atomic E-state index is 6.06. The van der Waals surface area contributed by atoms with E-state index in [9.17, 15) is 0 Å². The molecular weight excluding hydrogens is 253 g/mol. The number of rotatable bonds is 5. The van der Waals surface area contributed by atoms with Crippen LogP contribution in [-0.4, -0.2) is 13.1 Å². The minimum absolute atomic E-state index is 0.452. The Hall–Kier alpha value is -0.240. The second kappa shape index (κ2) is 5.60. The van der Waals surface area contributed by atoms with Crippen LogP contribution in [-0.2, 0) is 6.42 Å². The number of hydrogen-bond acceptors (Lipinski definition) is 1. The predicted octanol–water partition coefficient (Wildman–Crippen LogP) is 4.32. The van der Waals surface area contributed by atoms with E-state index < -0.39 is 0 Å². The Bertz CT molecular complexity index is 386. The van der Waals surface area contributed by atoms with E-state index in [1.807, 2.05) is 12.1 Å². The normalized spacial score (nSPS) is 17.8. The molecule has 1 saturated carbocycles. The van der Waals surface area contributed by atoms with Gasteiger partial charge in [-0.15, -0.1) is 0 Å². The van der Waals surface area contributed by atoms with Crippen molar-refractivity contribution in [1.82, 2.24) is 5.32 Å². The smallest absolute Gasteiger partial charge is 0.0595 e. The zero-order valence-electron chi connectivity index (χ0n) is 10.2. The van der Waals surface area contributed by atoms with Crippen LogP contribution in [0.3, 0.4) is 0 Å². The van der Waals surface area contributed by atoms with E-state index in [4.69, 9.17) is 23.2 Å². The quantitative estimate of drug-likeness (QED) is 0.842. The van der Waals surface area contributed by atoms with Gasteiger partial charge in [0.25, 0.3) is 0 Å². The Labute approximate surface area is 114 Å². The van der Waals surface area contributed by atoms with Gasteiger partial charge in [-0.3, -0.25) is 0 Å². The van der Waals surface area contributed by atoms with E-state index in [0.717, 1.165) is 19.5 Å².